The quantitative estimate of drug-likeness (QED) is 0.599. The molecule has 0 atom stereocenters. The lowest BCUT2D eigenvalue weighted by Crippen LogP contribution is -2.23. The van der Waals surface area contributed by atoms with E-state index in [1.807, 2.05) is 0 Å². The second kappa shape index (κ2) is 5.14. The standard InChI is InChI=1S/C14H10O4/c15-13(16)11-8-4-5-9-12(11)18-14(17)10-6-2-1-3-7-10/h1-9H,(H,15,16)/p-1. The predicted octanol–water partition coefficient (Wildman–Crippen LogP) is 1.27. The van der Waals surface area contributed by atoms with Crippen molar-refractivity contribution in [1.82, 2.24) is 0 Å². The second-order valence-corrected chi connectivity index (χ2v) is 3.54. The highest BCUT2D eigenvalue weighted by atomic mass is 16.5. The van der Waals surface area contributed by atoms with E-state index >= 15 is 0 Å². The Labute approximate surface area is 103 Å². The number of aromatic carboxylic acids is 1. The van der Waals surface area contributed by atoms with Gasteiger partial charge in [-0.3, -0.25) is 0 Å². The summed E-state index contributed by atoms with van der Waals surface area (Å²) in [5.41, 5.74) is 0.201. The van der Waals surface area contributed by atoms with Crippen LogP contribution in [0.1, 0.15) is 20.7 Å². The maximum Gasteiger partial charge on any atom is 0.343 e. The zero-order chi connectivity index (χ0) is 13.0. The highest BCUT2D eigenvalue weighted by Crippen LogP contribution is 2.18. The zero-order valence-corrected chi connectivity index (χ0v) is 9.33. The molecule has 0 saturated heterocycles. The lowest BCUT2D eigenvalue weighted by molar-refractivity contribution is -0.255. The number of carboxylic acid groups (broad SMARTS) is 1. The molecule has 0 aromatic heterocycles. The van der Waals surface area contributed by atoms with Gasteiger partial charge in [-0.05, 0) is 24.3 Å². The molecule has 2 aromatic rings. The van der Waals surface area contributed by atoms with Crippen LogP contribution in [0.15, 0.2) is 54.6 Å². The van der Waals surface area contributed by atoms with E-state index in [0.717, 1.165) is 0 Å². The van der Waals surface area contributed by atoms with Gasteiger partial charge in [0.05, 0.1) is 11.5 Å². The predicted molar refractivity (Wildman–Crippen MR) is 62.2 cm³/mol. The van der Waals surface area contributed by atoms with E-state index in [-0.39, 0.29) is 11.3 Å². The number of hydrogen-bond donors (Lipinski definition) is 0. The summed E-state index contributed by atoms with van der Waals surface area (Å²) in [5, 5.41) is 10.8. The van der Waals surface area contributed by atoms with E-state index in [2.05, 4.69) is 0 Å². The monoisotopic (exact) mass is 241 g/mol. The van der Waals surface area contributed by atoms with E-state index in [9.17, 15) is 14.7 Å². The van der Waals surface area contributed by atoms with Gasteiger partial charge < -0.3 is 14.6 Å². The Balaban J connectivity index is 2.25. The van der Waals surface area contributed by atoms with Crippen molar-refractivity contribution in [1.29, 1.82) is 0 Å². The number of esters is 1. The Morgan fingerprint density at radius 1 is 0.889 bits per heavy atom. The van der Waals surface area contributed by atoms with Crippen LogP contribution in [-0.4, -0.2) is 11.9 Å². The smallest absolute Gasteiger partial charge is 0.343 e. The first-order valence-corrected chi connectivity index (χ1v) is 5.26. The molecule has 4 heteroatoms. The molecule has 4 nitrogen and oxygen atoms in total. The third-order valence-corrected chi connectivity index (χ3v) is 2.32. The van der Waals surface area contributed by atoms with E-state index < -0.39 is 11.9 Å². The largest absolute Gasteiger partial charge is 0.545 e. The summed E-state index contributed by atoms with van der Waals surface area (Å²) in [6, 6.07) is 14.2. The normalized spacial score (nSPS) is 9.78. The average molecular weight is 241 g/mol. The van der Waals surface area contributed by atoms with Gasteiger partial charge in [-0.15, -0.1) is 0 Å². The number of carbonyl (C=O) groups is 2. The van der Waals surface area contributed by atoms with Crippen molar-refractivity contribution in [3.63, 3.8) is 0 Å². The number of carboxylic acids is 1. The molecular formula is C14H9O4-. The van der Waals surface area contributed by atoms with Gasteiger partial charge in [0.25, 0.3) is 0 Å². The molecule has 0 aliphatic heterocycles. The third kappa shape index (κ3) is 2.55. The summed E-state index contributed by atoms with van der Waals surface area (Å²) in [4.78, 5) is 22.6. The summed E-state index contributed by atoms with van der Waals surface area (Å²) >= 11 is 0. The van der Waals surface area contributed by atoms with Crippen LogP contribution in [0.3, 0.4) is 0 Å². The molecule has 0 aliphatic carbocycles. The van der Waals surface area contributed by atoms with Crippen molar-refractivity contribution in [2.75, 3.05) is 0 Å². The minimum absolute atomic E-state index is 0.0219. The van der Waals surface area contributed by atoms with Crippen LogP contribution in [0.2, 0.25) is 0 Å². The van der Waals surface area contributed by atoms with Gasteiger partial charge in [-0.25, -0.2) is 4.79 Å². The maximum atomic E-state index is 11.8. The molecule has 2 aromatic carbocycles. The van der Waals surface area contributed by atoms with Gasteiger partial charge in [0.15, 0.2) is 0 Å². The van der Waals surface area contributed by atoms with Crippen molar-refractivity contribution in [3.05, 3.63) is 65.7 Å². The summed E-state index contributed by atoms with van der Waals surface area (Å²) in [7, 11) is 0. The first-order chi connectivity index (χ1) is 8.68. The summed E-state index contributed by atoms with van der Waals surface area (Å²) in [6.45, 7) is 0. The number of benzene rings is 2. The molecule has 18 heavy (non-hydrogen) atoms. The van der Waals surface area contributed by atoms with Crippen LogP contribution in [0.25, 0.3) is 0 Å². The Morgan fingerprint density at radius 2 is 1.50 bits per heavy atom. The van der Waals surface area contributed by atoms with E-state index in [1.165, 1.54) is 18.2 Å². The Bertz CT molecular complexity index is 575. The minimum Gasteiger partial charge on any atom is -0.545 e. The minimum atomic E-state index is -1.38. The van der Waals surface area contributed by atoms with Gasteiger partial charge in [0.2, 0.25) is 0 Å². The number of hydrogen-bond acceptors (Lipinski definition) is 4. The SMILES string of the molecule is O=C(Oc1ccccc1C(=O)[O-])c1ccccc1. The van der Waals surface area contributed by atoms with Gasteiger partial charge in [-0.2, -0.15) is 0 Å². The highest BCUT2D eigenvalue weighted by Gasteiger charge is 2.11. The summed E-state index contributed by atoms with van der Waals surface area (Å²) < 4.78 is 5.03. The second-order valence-electron chi connectivity index (χ2n) is 3.54. The third-order valence-electron chi connectivity index (χ3n) is 2.32. The zero-order valence-electron chi connectivity index (χ0n) is 9.33. The Morgan fingerprint density at radius 3 is 2.17 bits per heavy atom. The van der Waals surface area contributed by atoms with E-state index in [0.29, 0.717) is 5.56 Å². The fourth-order valence-electron chi connectivity index (χ4n) is 1.46. The fraction of sp³-hybridized carbons (Fsp3) is 0. The van der Waals surface area contributed by atoms with Crippen LogP contribution in [0, 0.1) is 0 Å². The first kappa shape index (κ1) is 11.9. The van der Waals surface area contributed by atoms with Crippen LogP contribution < -0.4 is 9.84 Å². The van der Waals surface area contributed by atoms with E-state index in [4.69, 9.17) is 4.74 Å². The van der Waals surface area contributed by atoms with Crippen molar-refractivity contribution in [2.24, 2.45) is 0 Å². The Hall–Kier alpha value is -2.62. The van der Waals surface area contributed by atoms with Gasteiger partial charge in [0, 0.05) is 5.56 Å². The molecule has 90 valence electrons. The van der Waals surface area contributed by atoms with Crippen LogP contribution >= 0.6 is 0 Å². The van der Waals surface area contributed by atoms with Crippen molar-refractivity contribution < 1.29 is 19.4 Å². The molecule has 0 N–H and O–H groups in total. The van der Waals surface area contributed by atoms with Crippen LogP contribution in [-0.2, 0) is 0 Å². The molecular weight excluding hydrogens is 232 g/mol. The lowest BCUT2D eigenvalue weighted by atomic mass is 10.2. The molecule has 0 fully saturated rings. The molecule has 0 aliphatic rings. The van der Waals surface area contributed by atoms with Crippen molar-refractivity contribution >= 4 is 11.9 Å². The van der Waals surface area contributed by atoms with Crippen LogP contribution in [0.4, 0.5) is 0 Å². The maximum absolute atomic E-state index is 11.8. The molecule has 0 amide bonds. The fourth-order valence-corrected chi connectivity index (χ4v) is 1.46. The van der Waals surface area contributed by atoms with Crippen LogP contribution in [0.5, 0.6) is 5.75 Å². The number of ether oxygens (including phenoxy) is 1. The molecule has 0 radical (unpaired) electrons. The molecule has 0 heterocycles. The van der Waals surface area contributed by atoms with Gasteiger partial charge >= 0.3 is 5.97 Å². The number of rotatable bonds is 3. The van der Waals surface area contributed by atoms with E-state index in [1.54, 1.807) is 36.4 Å². The molecule has 0 bridgehead atoms. The number of carbonyl (C=O) groups excluding carboxylic acids is 2. The van der Waals surface area contributed by atoms with Crippen molar-refractivity contribution in [2.45, 2.75) is 0 Å². The highest BCUT2D eigenvalue weighted by molar-refractivity contribution is 5.94. The summed E-state index contributed by atoms with van der Waals surface area (Å²) in [5.74, 6) is -2.01. The topological polar surface area (TPSA) is 66.4 Å². The Kier molecular flexibility index (Phi) is 3.38. The molecule has 0 spiro atoms. The van der Waals surface area contributed by atoms with Gasteiger partial charge in [-0.1, -0.05) is 30.3 Å². The average Bonchev–Trinajstić information content (AvgIpc) is 2.40. The van der Waals surface area contributed by atoms with Gasteiger partial charge in [0.1, 0.15) is 5.75 Å². The molecule has 2 rings (SSSR count). The lowest BCUT2D eigenvalue weighted by Gasteiger charge is -2.10. The number of para-hydroxylation sites is 1. The molecule has 0 unspecified atom stereocenters. The van der Waals surface area contributed by atoms with Crippen molar-refractivity contribution in [3.8, 4) is 5.75 Å². The summed E-state index contributed by atoms with van der Waals surface area (Å²) in [6.07, 6.45) is 0. The first-order valence-electron chi connectivity index (χ1n) is 5.26. The molecule has 0 saturated carbocycles.